The second kappa shape index (κ2) is 7.45. The number of nitrogens with one attached hydrogen (secondary N) is 1. The molecule has 0 spiro atoms. The van der Waals surface area contributed by atoms with E-state index >= 15 is 0 Å². The lowest BCUT2D eigenvalue weighted by atomic mass is 10.2. The lowest BCUT2D eigenvalue weighted by molar-refractivity contribution is 0.583. The van der Waals surface area contributed by atoms with E-state index in [1.165, 1.54) is 11.3 Å². The van der Waals surface area contributed by atoms with E-state index in [4.69, 9.17) is 0 Å². The Balaban J connectivity index is 1.74. The van der Waals surface area contributed by atoms with Gasteiger partial charge < -0.3 is 0 Å². The third-order valence-electron chi connectivity index (χ3n) is 3.35. The summed E-state index contributed by atoms with van der Waals surface area (Å²) in [6, 6.07) is 11.0. The Morgan fingerprint density at radius 3 is 2.58 bits per heavy atom. The van der Waals surface area contributed by atoms with Crippen molar-refractivity contribution in [3.63, 3.8) is 0 Å². The number of hydrogen-bond acceptors (Lipinski definition) is 5. The van der Waals surface area contributed by atoms with Crippen LogP contribution in [0.3, 0.4) is 0 Å². The summed E-state index contributed by atoms with van der Waals surface area (Å²) in [5.41, 5.74) is 1.94. The van der Waals surface area contributed by atoms with E-state index in [2.05, 4.69) is 32.6 Å². The highest BCUT2D eigenvalue weighted by Crippen LogP contribution is 2.32. The first-order valence-electron chi connectivity index (χ1n) is 7.26. The molecule has 1 aromatic carbocycles. The molecule has 2 aromatic heterocycles. The topological polar surface area (TPSA) is 59.1 Å². The summed E-state index contributed by atoms with van der Waals surface area (Å²) in [6.07, 6.45) is 0.877. The predicted octanol–water partition coefficient (Wildman–Crippen LogP) is 4.68. The van der Waals surface area contributed by atoms with Gasteiger partial charge in [0.15, 0.2) is 0 Å². The van der Waals surface area contributed by atoms with E-state index in [0.717, 1.165) is 32.0 Å². The Labute approximate surface area is 157 Å². The first-order valence-corrected chi connectivity index (χ1v) is 11.2. The molecule has 3 rings (SSSR count). The number of thiophene rings is 1. The number of rotatable bonds is 6. The van der Waals surface area contributed by atoms with Crippen molar-refractivity contribution >= 4 is 48.6 Å². The van der Waals surface area contributed by atoms with E-state index in [9.17, 15) is 8.42 Å². The third kappa shape index (κ3) is 4.12. The highest BCUT2D eigenvalue weighted by atomic mass is 79.9. The molecule has 0 aliphatic heterocycles. The molecule has 126 valence electrons. The molecule has 0 bridgehead atoms. The molecule has 0 radical (unpaired) electrons. The molecule has 2 heterocycles. The molecule has 1 N–H and O–H groups in total. The molecule has 0 unspecified atom stereocenters. The van der Waals surface area contributed by atoms with Crippen LogP contribution in [-0.2, 0) is 23.0 Å². The summed E-state index contributed by atoms with van der Waals surface area (Å²) in [7, 11) is -3.52. The van der Waals surface area contributed by atoms with Gasteiger partial charge in [-0.2, -0.15) is 0 Å². The Bertz CT molecular complexity index is 930. The fraction of sp³-hybridized carbons (Fsp3) is 0.188. The van der Waals surface area contributed by atoms with Gasteiger partial charge in [-0.05, 0) is 36.2 Å². The number of hydrogen-bond donors (Lipinski definition) is 1. The molecule has 0 aliphatic rings. The molecule has 4 nitrogen and oxygen atoms in total. The zero-order valence-corrected chi connectivity index (χ0v) is 16.9. The van der Waals surface area contributed by atoms with Crippen LogP contribution in [0.2, 0.25) is 0 Å². The normalized spacial score (nSPS) is 11.8. The van der Waals surface area contributed by atoms with Gasteiger partial charge in [0, 0.05) is 16.4 Å². The van der Waals surface area contributed by atoms with Crippen LogP contribution in [0.1, 0.15) is 18.2 Å². The van der Waals surface area contributed by atoms with E-state index < -0.39 is 10.0 Å². The molecule has 0 saturated heterocycles. The Hall–Kier alpha value is -1.06. The molecule has 3 aromatic rings. The van der Waals surface area contributed by atoms with Crippen molar-refractivity contribution in [2.24, 2.45) is 0 Å². The van der Waals surface area contributed by atoms with E-state index in [1.807, 2.05) is 35.7 Å². The summed E-state index contributed by atoms with van der Waals surface area (Å²) in [5, 5.41) is 2.88. The third-order valence-corrected chi connectivity index (χ3v) is 7.92. The number of benzene rings is 1. The minimum atomic E-state index is -3.52. The minimum absolute atomic E-state index is 0.264. The molecule has 0 atom stereocenters. The molecular formula is C16H15BrN2O2S3. The van der Waals surface area contributed by atoms with E-state index in [1.54, 1.807) is 17.4 Å². The lowest BCUT2D eigenvalue weighted by Gasteiger charge is -2.05. The fourth-order valence-corrected chi connectivity index (χ4v) is 5.62. The van der Waals surface area contributed by atoms with E-state index in [-0.39, 0.29) is 6.54 Å². The average molecular weight is 443 g/mol. The Morgan fingerprint density at radius 2 is 1.92 bits per heavy atom. The lowest BCUT2D eigenvalue weighted by Crippen LogP contribution is -2.22. The first-order chi connectivity index (χ1) is 11.5. The number of halogens is 1. The van der Waals surface area contributed by atoms with Gasteiger partial charge in [0.25, 0.3) is 0 Å². The van der Waals surface area contributed by atoms with Gasteiger partial charge in [-0.1, -0.05) is 35.0 Å². The van der Waals surface area contributed by atoms with Crippen molar-refractivity contribution in [3.8, 4) is 9.88 Å². The van der Waals surface area contributed by atoms with Crippen molar-refractivity contribution in [1.29, 1.82) is 0 Å². The second-order valence-electron chi connectivity index (χ2n) is 5.07. The number of aromatic nitrogens is 1. The van der Waals surface area contributed by atoms with Gasteiger partial charge in [-0.15, -0.1) is 22.7 Å². The first kappa shape index (κ1) is 17.8. The molecule has 0 amide bonds. The predicted molar refractivity (Wildman–Crippen MR) is 103 cm³/mol. The summed E-state index contributed by atoms with van der Waals surface area (Å²) in [4.78, 5) is 5.38. The number of thiazole rings is 1. The molecule has 0 fully saturated rings. The summed E-state index contributed by atoms with van der Waals surface area (Å²) < 4.78 is 28.8. The van der Waals surface area contributed by atoms with Gasteiger partial charge in [-0.3, -0.25) is 0 Å². The molecule has 24 heavy (non-hydrogen) atoms. The SMILES string of the molecule is CCc1csc(-c2ccc(S(=O)(=O)NCc3ccc(Br)cc3)s2)n1. The smallest absolute Gasteiger partial charge is 0.240 e. The molecular weight excluding hydrogens is 428 g/mol. The van der Waals surface area contributed by atoms with Crippen LogP contribution in [0.25, 0.3) is 9.88 Å². The zero-order chi connectivity index (χ0) is 17.2. The summed E-state index contributed by atoms with van der Waals surface area (Å²) in [6.45, 7) is 2.31. The van der Waals surface area contributed by atoms with Crippen molar-refractivity contribution in [2.45, 2.75) is 24.1 Å². The van der Waals surface area contributed by atoms with Crippen LogP contribution < -0.4 is 4.72 Å². The summed E-state index contributed by atoms with van der Waals surface area (Å²) >= 11 is 6.15. The minimum Gasteiger partial charge on any atom is -0.240 e. The molecule has 0 saturated carbocycles. The molecule has 0 aliphatic carbocycles. The number of sulfonamides is 1. The van der Waals surface area contributed by atoms with Crippen LogP contribution >= 0.6 is 38.6 Å². The maximum Gasteiger partial charge on any atom is 0.250 e. The maximum absolute atomic E-state index is 12.5. The van der Waals surface area contributed by atoms with Crippen LogP contribution in [0.15, 0.2) is 50.5 Å². The highest BCUT2D eigenvalue weighted by Gasteiger charge is 2.18. The largest absolute Gasteiger partial charge is 0.250 e. The average Bonchev–Trinajstić information content (AvgIpc) is 3.23. The molecule has 8 heteroatoms. The Morgan fingerprint density at radius 1 is 1.17 bits per heavy atom. The van der Waals surface area contributed by atoms with Gasteiger partial charge >= 0.3 is 0 Å². The van der Waals surface area contributed by atoms with Crippen molar-refractivity contribution in [1.82, 2.24) is 9.71 Å². The van der Waals surface area contributed by atoms with Crippen LogP contribution in [-0.4, -0.2) is 13.4 Å². The van der Waals surface area contributed by atoms with Crippen LogP contribution in [0, 0.1) is 0 Å². The van der Waals surface area contributed by atoms with Crippen LogP contribution in [0.4, 0.5) is 0 Å². The maximum atomic E-state index is 12.5. The Kier molecular flexibility index (Phi) is 5.51. The van der Waals surface area contributed by atoms with Crippen molar-refractivity contribution in [3.05, 3.63) is 57.5 Å². The van der Waals surface area contributed by atoms with Gasteiger partial charge in [0.05, 0.1) is 10.6 Å². The zero-order valence-electron chi connectivity index (χ0n) is 12.8. The highest BCUT2D eigenvalue weighted by molar-refractivity contribution is 9.10. The van der Waals surface area contributed by atoms with Crippen molar-refractivity contribution < 1.29 is 8.42 Å². The van der Waals surface area contributed by atoms with Gasteiger partial charge in [-0.25, -0.2) is 18.1 Å². The van der Waals surface area contributed by atoms with Crippen LogP contribution in [0.5, 0.6) is 0 Å². The standard InChI is InChI=1S/C16H15BrN2O2S3/c1-2-13-10-22-16(19-13)14-7-8-15(23-14)24(20,21)18-9-11-3-5-12(17)6-4-11/h3-8,10,18H,2,9H2,1H3. The number of aryl methyl sites for hydroxylation is 1. The quantitative estimate of drug-likeness (QED) is 0.602. The van der Waals surface area contributed by atoms with Crippen molar-refractivity contribution in [2.75, 3.05) is 0 Å². The summed E-state index contributed by atoms with van der Waals surface area (Å²) in [5.74, 6) is 0. The van der Waals surface area contributed by atoms with Gasteiger partial charge in [0.2, 0.25) is 10.0 Å². The monoisotopic (exact) mass is 442 g/mol. The number of nitrogens with zero attached hydrogens (tertiary/aromatic N) is 1. The van der Waals surface area contributed by atoms with Gasteiger partial charge in [0.1, 0.15) is 9.22 Å². The second-order valence-corrected chi connectivity index (χ2v) is 9.92. The fourth-order valence-electron chi connectivity index (χ4n) is 2.01. The van der Waals surface area contributed by atoms with E-state index in [0.29, 0.717) is 4.21 Å².